The van der Waals surface area contributed by atoms with Crippen molar-refractivity contribution in [2.24, 2.45) is 4.99 Å². The van der Waals surface area contributed by atoms with Gasteiger partial charge in [0.2, 0.25) is 17.8 Å². The second-order valence-corrected chi connectivity index (χ2v) is 8.98. The summed E-state index contributed by atoms with van der Waals surface area (Å²) in [6, 6.07) is 3.99. The average Bonchev–Trinajstić information content (AvgIpc) is 3.57. The van der Waals surface area contributed by atoms with Gasteiger partial charge in [-0.2, -0.15) is 9.49 Å². The van der Waals surface area contributed by atoms with Crippen LogP contribution >= 0.6 is 0 Å². The van der Waals surface area contributed by atoms with Gasteiger partial charge in [-0.25, -0.2) is 15.0 Å². The number of aromatic nitrogens is 5. The fourth-order valence-electron chi connectivity index (χ4n) is 4.52. The highest BCUT2D eigenvalue weighted by molar-refractivity contribution is 5.96. The summed E-state index contributed by atoms with van der Waals surface area (Å²) in [7, 11) is 0. The molecule has 4 heterocycles. The molecular formula is C23H27FN8O2. The van der Waals surface area contributed by atoms with Gasteiger partial charge in [0, 0.05) is 23.9 Å². The minimum atomic E-state index is -0.613. The minimum Gasteiger partial charge on any atom is -0.423 e. The number of anilines is 2. The highest BCUT2D eigenvalue weighted by Crippen LogP contribution is 2.27. The maximum Gasteiger partial charge on any atom is 0.247 e. The summed E-state index contributed by atoms with van der Waals surface area (Å²) in [5, 5.41) is 21.3. The van der Waals surface area contributed by atoms with Gasteiger partial charge in [-0.15, -0.1) is 4.73 Å². The van der Waals surface area contributed by atoms with E-state index in [0.717, 1.165) is 47.4 Å². The van der Waals surface area contributed by atoms with Gasteiger partial charge in [0.1, 0.15) is 6.04 Å². The summed E-state index contributed by atoms with van der Waals surface area (Å²) in [5.74, 6) is 0.168. The molecule has 2 aliphatic rings. The molecule has 3 N–H and O–H groups in total. The fraction of sp³-hybridized carbons (Fsp3) is 0.435. The number of rotatable bonds is 5. The topological polar surface area (TPSA) is 124 Å². The van der Waals surface area contributed by atoms with Crippen molar-refractivity contribution in [1.82, 2.24) is 24.9 Å². The van der Waals surface area contributed by atoms with Gasteiger partial charge in [0.25, 0.3) is 0 Å². The first-order valence-corrected chi connectivity index (χ1v) is 11.5. The smallest absolute Gasteiger partial charge is 0.247 e. The van der Waals surface area contributed by atoms with Gasteiger partial charge >= 0.3 is 0 Å². The Bertz CT molecular complexity index is 1280. The lowest BCUT2D eigenvalue weighted by Gasteiger charge is -2.26. The summed E-state index contributed by atoms with van der Waals surface area (Å²) in [6.45, 7) is 4.68. The van der Waals surface area contributed by atoms with Crippen molar-refractivity contribution in [2.45, 2.75) is 57.9 Å². The highest BCUT2D eigenvalue weighted by atomic mass is 19.1. The molecule has 0 aromatic carbocycles. The van der Waals surface area contributed by atoms with E-state index >= 15 is 0 Å². The summed E-state index contributed by atoms with van der Waals surface area (Å²) >= 11 is 0. The van der Waals surface area contributed by atoms with E-state index in [2.05, 4.69) is 39.3 Å². The lowest BCUT2D eigenvalue weighted by molar-refractivity contribution is -0.117. The maximum atomic E-state index is 13.1. The summed E-state index contributed by atoms with van der Waals surface area (Å²) in [4.78, 5) is 27.8. The second-order valence-electron chi connectivity index (χ2n) is 8.98. The Kier molecular flexibility index (Phi) is 5.76. The lowest BCUT2D eigenvalue weighted by atomic mass is 10.1. The minimum absolute atomic E-state index is 0.263. The molecule has 1 aliphatic carbocycles. The van der Waals surface area contributed by atoms with Gasteiger partial charge in [-0.1, -0.05) is 13.8 Å². The molecule has 11 heteroatoms. The van der Waals surface area contributed by atoms with Crippen molar-refractivity contribution < 1.29 is 14.4 Å². The first-order chi connectivity index (χ1) is 16.4. The number of nitrogens with zero attached hydrogens (tertiary/aromatic N) is 6. The van der Waals surface area contributed by atoms with Crippen LogP contribution in [-0.4, -0.2) is 48.6 Å². The molecule has 3 aromatic rings. The third kappa shape index (κ3) is 4.13. The van der Waals surface area contributed by atoms with Gasteiger partial charge in [0.15, 0.2) is 11.3 Å². The fourth-order valence-corrected chi connectivity index (χ4v) is 4.52. The van der Waals surface area contributed by atoms with E-state index in [4.69, 9.17) is 4.98 Å². The largest absolute Gasteiger partial charge is 0.423 e. The van der Waals surface area contributed by atoms with Crippen molar-refractivity contribution in [3.05, 3.63) is 52.8 Å². The van der Waals surface area contributed by atoms with Gasteiger partial charge in [0.05, 0.1) is 17.6 Å². The number of hydrogen-bond acceptors (Lipinski definition) is 7. The zero-order valence-corrected chi connectivity index (χ0v) is 19.1. The molecule has 1 atom stereocenters. The van der Waals surface area contributed by atoms with Crippen molar-refractivity contribution >= 4 is 23.4 Å². The summed E-state index contributed by atoms with van der Waals surface area (Å²) in [6.07, 6.45) is 5.12. The molecule has 1 fully saturated rings. The Morgan fingerprint density at radius 2 is 2.18 bits per heavy atom. The molecule has 3 aromatic heterocycles. The highest BCUT2D eigenvalue weighted by Gasteiger charge is 2.35. The molecule has 10 nitrogen and oxygen atoms in total. The van der Waals surface area contributed by atoms with Crippen LogP contribution in [0.5, 0.6) is 0 Å². The van der Waals surface area contributed by atoms with Crippen LogP contribution in [-0.2, 0) is 17.6 Å². The van der Waals surface area contributed by atoms with Gasteiger partial charge in [-0.05, 0) is 50.2 Å². The van der Waals surface area contributed by atoms with Crippen LogP contribution in [0.1, 0.15) is 56.0 Å². The predicted molar refractivity (Wildman–Crippen MR) is 123 cm³/mol. The van der Waals surface area contributed by atoms with Crippen LogP contribution in [0.15, 0.2) is 29.4 Å². The molecule has 5 rings (SSSR count). The molecule has 34 heavy (non-hydrogen) atoms. The Morgan fingerprint density at radius 1 is 1.32 bits per heavy atom. The van der Waals surface area contributed by atoms with Crippen molar-refractivity contribution in [1.29, 1.82) is 0 Å². The Morgan fingerprint density at radius 3 is 2.91 bits per heavy atom. The number of nitrogens with one attached hydrogen (secondary N) is 2. The Labute approximate surface area is 195 Å². The van der Waals surface area contributed by atoms with Crippen LogP contribution < -0.4 is 15.7 Å². The number of hydrogen-bond donors (Lipinski definition) is 3. The van der Waals surface area contributed by atoms with Crippen LogP contribution in [0.25, 0.3) is 0 Å². The standard InChI is InChI=1S/C23H27FN8O2/c1-13(2)17-11-20(30-29-17)28-21-15-5-3-6-16(15)27-23(32(21)34)31-10-4-7-18(31)22(33)26-14-8-9-19(24)25-12-14/h8-9,11-13,18,34H,3-7,10H2,1-2H3,(H,26,33)(H,29,30). The van der Waals surface area contributed by atoms with Gasteiger partial charge < -0.3 is 15.4 Å². The van der Waals surface area contributed by atoms with Crippen LogP contribution in [0.3, 0.4) is 0 Å². The van der Waals surface area contributed by atoms with Crippen molar-refractivity contribution in [3.8, 4) is 0 Å². The van der Waals surface area contributed by atoms with E-state index in [0.29, 0.717) is 30.0 Å². The van der Waals surface area contributed by atoms with Crippen molar-refractivity contribution in [2.75, 3.05) is 16.8 Å². The first-order valence-electron chi connectivity index (χ1n) is 11.5. The van der Waals surface area contributed by atoms with Crippen LogP contribution in [0.4, 0.5) is 21.8 Å². The van der Waals surface area contributed by atoms with Crippen molar-refractivity contribution in [3.63, 3.8) is 0 Å². The molecule has 1 amide bonds. The number of amides is 1. The van der Waals surface area contributed by atoms with E-state index in [1.165, 1.54) is 18.3 Å². The number of carbonyl (C=O) groups excluding carboxylic acids is 1. The number of aryl methyl sites for hydroxylation is 1. The van der Waals surface area contributed by atoms with E-state index < -0.39 is 12.0 Å². The monoisotopic (exact) mass is 466 g/mol. The predicted octanol–water partition coefficient (Wildman–Crippen LogP) is 2.83. The third-order valence-electron chi connectivity index (χ3n) is 6.32. The van der Waals surface area contributed by atoms with E-state index in [1.54, 1.807) is 4.90 Å². The molecule has 0 spiro atoms. The molecule has 0 radical (unpaired) electrons. The number of pyridine rings is 1. The summed E-state index contributed by atoms with van der Waals surface area (Å²) < 4.78 is 14.1. The number of fused-ring (bicyclic) bond motifs is 1. The first kappa shape index (κ1) is 22.1. The van der Waals surface area contributed by atoms with E-state index in [-0.39, 0.29) is 17.8 Å². The van der Waals surface area contributed by atoms with Crippen LogP contribution in [0.2, 0.25) is 0 Å². The Balaban J connectivity index is 1.50. The SMILES string of the molecule is CC(C)c1cc(N=c2c3c(nc(N4CCCC4C(=O)Nc4ccc(F)nc4)n2O)CCC3)n[nH]1. The average molecular weight is 467 g/mol. The molecule has 1 saturated heterocycles. The normalized spacial score (nSPS) is 18.1. The molecule has 0 bridgehead atoms. The lowest BCUT2D eigenvalue weighted by Crippen LogP contribution is -2.43. The molecule has 1 unspecified atom stereocenters. The number of H-pyrrole nitrogens is 1. The molecule has 0 saturated carbocycles. The second kappa shape index (κ2) is 8.88. The molecule has 1 aliphatic heterocycles. The molecule has 178 valence electrons. The van der Waals surface area contributed by atoms with E-state index in [9.17, 15) is 14.4 Å². The number of halogens is 1. The maximum absolute atomic E-state index is 13.1. The number of carbonyl (C=O) groups is 1. The number of aromatic amines is 1. The van der Waals surface area contributed by atoms with Crippen LogP contribution in [0, 0.1) is 5.95 Å². The Hall–Kier alpha value is -3.76. The quantitative estimate of drug-likeness (QED) is 0.392. The molecular weight excluding hydrogens is 439 g/mol. The van der Waals surface area contributed by atoms with E-state index in [1.807, 2.05) is 6.07 Å². The zero-order chi connectivity index (χ0) is 23.8. The van der Waals surface area contributed by atoms with Gasteiger partial charge in [-0.3, -0.25) is 9.89 Å². The zero-order valence-electron chi connectivity index (χ0n) is 19.1. The third-order valence-corrected chi connectivity index (χ3v) is 6.32. The summed E-state index contributed by atoms with van der Waals surface area (Å²) in [5.41, 5.74) is 3.55.